The monoisotopic (exact) mass is 250 g/mol. The molecule has 0 fully saturated rings. The van der Waals surface area contributed by atoms with Crippen molar-refractivity contribution in [3.63, 3.8) is 0 Å². The van der Waals surface area contributed by atoms with E-state index < -0.39 is 7.60 Å². The van der Waals surface area contributed by atoms with Crippen molar-refractivity contribution in [2.75, 3.05) is 19.4 Å². The predicted molar refractivity (Wildman–Crippen MR) is 64.8 cm³/mol. The Bertz CT molecular complexity index is 242. The molecule has 0 aromatic carbocycles. The van der Waals surface area contributed by atoms with Crippen molar-refractivity contribution in [2.24, 2.45) is 5.92 Å². The third-order valence-corrected chi connectivity index (χ3v) is 4.55. The molecule has 4 nitrogen and oxygen atoms in total. The third kappa shape index (κ3) is 6.41. The number of carbonyl (C=O) groups is 1. The van der Waals surface area contributed by atoms with Gasteiger partial charge >= 0.3 is 7.60 Å². The van der Waals surface area contributed by atoms with Crippen LogP contribution in [-0.4, -0.2) is 25.2 Å². The Morgan fingerprint density at radius 3 is 2.00 bits per heavy atom. The molecule has 0 amide bonds. The first-order valence-electron chi connectivity index (χ1n) is 5.85. The summed E-state index contributed by atoms with van der Waals surface area (Å²) in [6.45, 7) is 7.85. The molecule has 0 saturated heterocycles. The fourth-order valence-electron chi connectivity index (χ4n) is 1.60. The lowest BCUT2D eigenvalue weighted by Crippen LogP contribution is -2.13. The summed E-state index contributed by atoms with van der Waals surface area (Å²) in [7, 11) is -3.00. The van der Waals surface area contributed by atoms with Crippen LogP contribution in [0.5, 0.6) is 0 Å². The number of Topliss-reactive ketones (excluding diaryl/α,β-unsaturated/α-hetero) is 1. The zero-order valence-electron chi connectivity index (χ0n) is 10.7. The average Bonchev–Trinajstić information content (AvgIpc) is 2.16. The van der Waals surface area contributed by atoms with Gasteiger partial charge in [0.15, 0.2) is 0 Å². The van der Waals surface area contributed by atoms with Gasteiger partial charge in [-0.15, -0.1) is 0 Å². The number of hydrogen-bond donors (Lipinski definition) is 0. The van der Waals surface area contributed by atoms with Crippen LogP contribution >= 0.6 is 7.60 Å². The molecule has 0 N–H and O–H groups in total. The van der Waals surface area contributed by atoms with Gasteiger partial charge in [-0.1, -0.05) is 13.3 Å². The zero-order chi connectivity index (χ0) is 12.6. The second-order valence-corrected chi connectivity index (χ2v) is 5.91. The van der Waals surface area contributed by atoms with Gasteiger partial charge in [0.2, 0.25) is 0 Å². The SMILES string of the molecule is CCOP(=O)(C[C@H](CC)CC(C)=O)OCC. The standard InChI is InChI=1S/C11H23O4P/c1-5-11(8-10(4)12)9-16(13,14-6-2)15-7-3/h11H,5-9H2,1-4H3/t11-/m1/s1. The van der Waals surface area contributed by atoms with E-state index in [1.54, 1.807) is 20.8 Å². The lowest BCUT2D eigenvalue weighted by Gasteiger charge is -2.21. The van der Waals surface area contributed by atoms with E-state index in [9.17, 15) is 9.36 Å². The van der Waals surface area contributed by atoms with Crippen LogP contribution in [0, 0.1) is 5.92 Å². The van der Waals surface area contributed by atoms with Gasteiger partial charge in [0.05, 0.1) is 19.4 Å². The molecule has 0 rings (SSSR count). The highest BCUT2D eigenvalue weighted by Crippen LogP contribution is 2.50. The van der Waals surface area contributed by atoms with Crippen LogP contribution < -0.4 is 0 Å². The van der Waals surface area contributed by atoms with E-state index in [-0.39, 0.29) is 11.7 Å². The topological polar surface area (TPSA) is 52.6 Å². The molecule has 0 aliphatic carbocycles. The number of rotatable bonds is 9. The van der Waals surface area contributed by atoms with Gasteiger partial charge in [-0.25, -0.2) is 0 Å². The smallest absolute Gasteiger partial charge is 0.309 e. The van der Waals surface area contributed by atoms with Crippen LogP contribution in [0.3, 0.4) is 0 Å². The maximum absolute atomic E-state index is 12.2. The summed E-state index contributed by atoms with van der Waals surface area (Å²) in [5, 5.41) is 0. The molecular formula is C11H23O4P. The van der Waals surface area contributed by atoms with Gasteiger partial charge in [-0.3, -0.25) is 4.57 Å². The average molecular weight is 250 g/mol. The van der Waals surface area contributed by atoms with Crippen molar-refractivity contribution < 1.29 is 18.4 Å². The van der Waals surface area contributed by atoms with Gasteiger partial charge in [0, 0.05) is 6.42 Å². The number of ketones is 1. The molecule has 0 aliphatic heterocycles. The molecule has 0 unspecified atom stereocenters. The van der Waals surface area contributed by atoms with Crippen LogP contribution in [0.2, 0.25) is 0 Å². The van der Waals surface area contributed by atoms with E-state index in [0.717, 1.165) is 6.42 Å². The Balaban J connectivity index is 4.45. The summed E-state index contributed by atoms with van der Waals surface area (Å²) in [6.07, 6.45) is 1.59. The van der Waals surface area contributed by atoms with E-state index in [2.05, 4.69) is 0 Å². The molecule has 96 valence electrons. The summed E-state index contributed by atoms with van der Waals surface area (Å²) >= 11 is 0. The normalized spacial score (nSPS) is 13.8. The van der Waals surface area contributed by atoms with Crippen molar-refractivity contribution in [3.8, 4) is 0 Å². The molecule has 0 radical (unpaired) electrons. The van der Waals surface area contributed by atoms with E-state index in [0.29, 0.717) is 25.8 Å². The lowest BCUT2D eigenvalue weighted by molar-refractivity contribution is -0.117. The lowest BCUT2D eigenvalue weighted by atomic mass is 10.0. The number of carbonyl (C=O) groups excluding carboxylic acids is 1. The minimum Gasteiger partial charge on any atom is -0.309 e. The first-order chi connectivity index (χ1) is 7.47. The predicted octanol–water partition coefficient (Wildman–Crippen LogP) is 3.26. The Morgan fingerprint density at radius 2 is 1.69 bits per heavy atom. The van der Waals surface area contributed by atoms with Crippen molar-refractivity contribution in [1.29, 1.82) is 0 Å². The highest BCUT2D eigenvalue weighted by Gasteiger charge is 2.28. The molecule has 5 heteroatoms. The first-order valence-corrected chi connectivity index (χ1v) is 7.57. The molecule has 0 aromatic heterocycles. The van der Waals surface area contributed by atoms with Gasteiger partial charge in [-0.2, -0.15) is 0 Å². The highest BCUT2D eigenvalue weighted by atomic mass is 31.2. The number of hydrogen-bond acceptors (Lipinski definition) is 4. The van der Waals surface area contributed by atoms with E-state index in [1.807, 2.05) is 6.92 Å². The quantitative estimate of drug-likeness (QED) is 0.589. The highest BCUT2D eigenvalue weighted by molar-refractivity contribution is 7.53. The second kappa shape index (κ2) is 7.99. The Labute approximate surface area is 98.2 Å². The van der Waals surface area contributed by atoms with Crippen molar-refractivity contribution in [2.45, 2.75) is 40.5 Å². The zero-order valence-corrected chi connectivity index (χ0v) is 11.6. The molecule has 0 spiro atoms. The summed E-state index contributed by atoms with van der Waals surface area (Å²) in [4.78, 5) is 11.0. The Hall–Kier alpha value is -0.180. The van der Waals surface area contributed by atoms with Gasteiger partial charge in [0.25, 0.3) is 0 Å². The summed E-state index contributed by atoms with van der Waals surface area (Å²) < 4.78 is 22.6. The van der Waals surface area contributed by atoms with Crippen molar-refractivity contribution in [1.82, 2.24) is 0 Å². The first kappa shape index (κ1) is 15.8. The van der Waals surface area contributed by atoms with Gasteiger partial charge < -0.3 is 13.8 Å². The van der Waals surface area contributed by atoms with Crippen molar-refractivity contribution >= 4 is 13.4 Å². The van der Waals surface area contributed by atoms with Crippen LogP contribution in [0.25, 0.3) is 0 Å². The third-order valence-electron chi connectivity index (χ3n) is 2.29. The van der Waals surface area contributed by atoms with Crippen LogP contribution in [0.4, 0.5) is 0 Å². The van der Waals surface area contributed by atoms with E-state index >= 15 is 0 Å². The van der Waals surface area contributed by atoms with Crippen molar-refractivity contribution in [3.05, 3.63) is 0 Å². The van der Waals surface area contributed by atoms with E-state index in [1.165, 1.54) is 0 Å². The second-order valence-electron chi connectivity index (χ2n) is 3.81. The molecule has 0 aromatic rings. The van der Waals surface area contributed by atoms with E-state index in [4.69, 9.17) is 9.05 Å². The molecular weight excluding hydrogens is 227 g/mol. The molecule has 0 bridgehead atoms. The molecule has 1 atom stereocenters. The Morgan fingerprint density at radius 1 is 1.19 bits per heavy atom. The molecule has 0 aliphatic rings. The molecule has 0 heterocycles. The van der Waals surface area contributed by atoms with Crippen LogP contribution in [0.15, 0.2) is 0 Å². The summed E-state index contributed by atoms with van der Waals surface area (Å²) in [6, 6.07) is 0. The van der Waals surface area contributed by atoms with Crippen LogP contribution in [-0.2, 0) is 18.4 Å². The largest absolute Gasteiger partial charge is 0.330 e. The van der Waals surface area contributed by atoms with Gasteiger partial charge in [-0.05, 0) is 26.7 Å². The fraction of sp³-hybridized carbons (Fsp3) is 0.909. The maximum atomic E-state index is 12.2. The minimum absolute atomic E-state index is 0.0847. The Kier molecular flexibility index (Phi) is 7.90. The molecule has 16 heavy (non-hydrogen) atoms. The maximum Gasteiger partial charge on any atom is 0.330 e. The summed E-state index contributed by atoms with van der Waals surface area (Å²) in [5.41, 5.74) is 0. The summed E-state index contributed by atoms with van der Waals surface area (Å²) in [5.74, 6) is 0.202. The van der Waals surface area contributed by atoms with Gasteiger partial charge in [0.1, 0.15) is 5.78 Å². The van der Waals surface area contributed by atoms with Crippen LogP contribution in [0.1, 0.15) is 40.5 Å². The molecule has 0 saturated carbocycles. The fourth-order valence-corrected chi connectivity index (χ4v) is 3.69. The minimum atomic E-state index is -3.00.